The van der Waals surface area contributed by atoms with Crippen LogP contribution in [0.1, 0.15) is 11.5 Å². The van der Waals surface area contributed by atoms with Gasteiger partial charge in [-0.05, 0) is 30.7 Å². The van der Waals surface area contributed by atoms with Gasteiger partial charge >= 0.3 is 0 Å². The molecule has 0 saturated carbocycles. The lowest BCUT2D eigenvalue weighted by molar-refractivity contribution is 0.335. The first-order valence-electron chi connectivity index (χ1n) is 8.01. The van der Waals surface area contributed by atoms with E-state index in [0.29, 0.717) is 10.3 Å². The molecule has 3 aromatic rings. The van der Waals surface area contributed by atoms with Crippen LogP contribution in [0.4, 0.5) is 0 Å². The number of methoxy groups -OCH3 is 1. The summed E-state index contributed by atoms with van der Waals surface area (Å²) in [7, 11) is -0.938. The van der Waals surface area contributed by atoms with Gasteiger partial charge in [-0.2, -0.15) is 9.29 Å². The molecule has 0 atom stereocenters. The molecule has 0 aliphatic heterocycles. The van der Waals surface area contributed by atoms with E-state index in [0.717, 1.165) is 15.4 Å². The fourth-order valence-electron chi connectivity index (χ4n) is 2.55. The summed E-state index contributed by atoms with van der Waals surface area (Å²) in [5.41, 5.74) is 1.84. The van der Waals surface area contributed by atoms with E-state index in [-0.39, 0.29) is 23.1 Å². The van der Waals surface area contributed by atoms with Gasteiger partial charge in [0.05, 0.1) is 13.7 Å². The Bertz CT molecular complexity index is 1070. The zero-order valence-corrected chi connectivity index (χ0v) is 17.4. The maximum Gasteiger partial charge on any atom is 0.247 e. The summed E-state index contributed by atoms with van der Waals surface area (Å²) in [4.78, 5) is 4.38. The van der Waals surface area contributed by atoms with Crippen molar-refractivity contribution in [3.63, 3.8) is 0 Å². The van der Waals surface area contributed by atoms with Gasteiger partial charge in [-0.3, -0.25) is 0 Å². The molecule has 0 fully saturated rings. The predicted octanol–water partition coefficient (Wildman–Crippen LogP) is 3.64. The van der Waals surface area contributed by atoms with E-state index in [9.17, 15) is 8.42 Å². The molecule has 0 radical (unpaired) electrons. The Hall–Kier alpha value is -2.23. The summed E-state index contributed by atoms with van der Waals surface area (Å²) in [6.45, 7) is 1.89. The van der Waals surface area contributed by atoms with Crippen LogP contribution in [0, 0.1) is 6.92 Å². The topological polar surface area (TPSA) is 85.5 Å². The average molecular weight is 452 g/mol. The lowest BCUT2D eigenvalue weighted by atomic mass is 10.1. The number of ether oxygens (including phenoxy) is 1. The fraction of sp³-hybridized carbons (Fsp3) is 0.222. The average Bonchev–Trinajstić information content (AvgIpc) is 3.10. The summed E-state index contributed by atoms with van der Waals surface area (Å²) < 4.78 is 38.1. The number of aromatic nitrogens is 2. The molecule has 1 heterocycles. The Balaban J connectivity index is 1.87. The summed E-state index contributed by atoms with van der Waals surface area (Å²) in [5, 5.41) is 3.96. The van der Waals surface area contributed by atoms with E-state index in [2.05, 4.69) is 26.1 Å². The molecular weight excluding hydrogens is 434 g/mol. The second kappa shape index (κ2) is 7.79. The van der Waals surface area contributed by atoms with Crippen molar-refractivity contribution in [1.29, 1.82) is 0 Å². The Labute approximate surface area is 166 Å². The van der Waals surface area contributed by atoms with Gasteiger partial charge in [0.2, 0.25) is 21.7 Å². The van der Waals surface area contributed by atoms with Crippen molar-refractivity contribution in [2.45, 2.75) is 18.4 Å². The first-order chi connectivity index (χ1) is 12.8. The van der Waals surface area contributed by atoms with E-state index in [1.807, 2.05) is 31.2 Å². The molecule has 2 aromatic carbocycles. The summed E-state index contributed by atoms with van der Waals surface area (Å²) >= 11 is 3.29. The predicted molar refractivity (Wildman–Crippen MR) is 104 cm³/mol. The fourth-order valence-corrected chi connectivity index (χ4v) is 4.36. The highest BCUT2D eigenvalue weighted by Crippen LogP contribution is 2.30. The maximum absolute atomic E-state index is 12.9. The van der Waals surface area contributed by atoms with E-state index in [1.165, 1.54) is 20.2 Å². The minimum atomic E-state index is -3.82. The zero-order valence-electron chi connectivity index (χ0n) is 15.0. The first-order valence-corrected chi connectivity index (χ1v) is 10.2. The molecule has 142 valence electrons. The van der Waals surface area contributed by atoms with Crippen LogP contribution in [-0.4, -0.2) is 37.0 Å². The van der Waals surface area contributed by atoms with Crippen LogP contribution < -0.4 is 4.74 Å². The third-order valence-corrected chi connectivity index (χ3v) is 6.34. The standard InChI is InChI=1S/C18H18BrN3O4S/c1-12-6-4-5-7-14(12)18-20-17(26-21-18)11-22(2)27(23,24)16-10-13(19)8-9-15(16)25-3/h4-10H,11H2,1-3H3. The van der Waals surface area contributed by atoms with Crippen LogP contribution in [0.3, 0.4) is 0 Å². The normalized spacial score (nSPS) is 11.7. The Morgan fingerprint density at radius 1 is 1.22 bits per heavy atom. The van der Waals surface area contributed by atoms with Gasteiger partial charge < -0.3 is 9.26 Å². The van der Waals surface area contributed by atoms with Crippen molar-refractivity contribution in [2.24, 2.45) is 0 Å². The highest BCUT2D eigenvalue weighted by atomic mass is 79.9. The summed E-state index contributed by atoms with van der Waals surface area (Å²) in [6, 6.07) is 12.4. The molecule has 0 N–H and O–H groups in total. The van der Waals surface area contributed by atoms with Gasteiger partial charge in [0.25, 0.3) is 0 Å². The molecule has 0 saturated heterocycles. The summed E-state index contributed by atoms with van der Waals surface area (Å²) in [6.07, 6.45) is 0. The van der Waals surface area contributed by atoms with E-state index < -0.39 is 10.0 Å². The lowest BCUT2D eigenvalue weighted by Crippen LogP contribution is -2.27. The van der Waals surface area contributed by atoms with Gasteiger partial charge in [-0.1, -0.05) is 45.4 Å². The third-order valence-electron chi connectivity index (χ3n) is 4.03. The molecule has 0 aliphatic rings. The zero-order chi connectivity index (χ0) is 19.6. The van der Waals surface area contributed by atoms with Crippen molar-refractivity contribution < 1.29 is 17.7 Å². The van der Waals surface area contributed by atoms with Crippen LogP contribution in [-0.2, 0) is 16.6 Å². The van der Waals surface area contributed by atoms with Gasteiger partial charge in [0.15, 0.2) is 0 Å². The van der Waals surface area contributed by atoms with Crippen molar-refractivity contribution in [3.05, 3.63) is 58.4 Å². The molecule has 0 bridgehead atoms. The maximum atomic E-state index is 12.9. The molecule has 1 aromatic heterocycles. The highest BCUT2D eigenvalue weighted by Gasteiger charge is 2.27. The Kier molecular flexibility index (Phi) is 5.64. The number of benzene rings is 2. The van der Waals surface area contributed by atoms with Crippen LogP contribution in [0.2, 0.25) is 0 Å². The molecule has 27 heavy (non-hydrogen) atoms. The van der Waals surface area contributed by atoms with Crippen LogP contribution in [0.5, 0.6) is 5.75 Å². The Morgan fingerprint density at radius 3 is 2.67 bits per heavy atom. The number of nitrogens with zero attached hydrogens (tertiary/aromatic N) is 3. The smallest absolute Gasteiger partial charge is 0.247 e. The van der Waals surface area contributed by atoms with Crippen LogP contribution in [0.15, 0.2) is 56.4 Å². The second-order valence-corrected chi connectivity index (χ2v) is 8.81. The van der Waals surface area contributed by atoms with E-state index in [1.54, 1.807) is 12.1 Å². The van der Waals surface area contributed by atoms with Crippen molar-refractivity contribution in [2.75, 3.05) is 14.2 Å². The molecule has 3 rings (SSSR count). The SMILES string of the molecule is COc1ccc(Br)cc1S(=O)(=O)N(C)Cc1nc(-c2ccccc2C)no1. The first kappa shape index (κ1) is 19.5. The van der Waals surface area contributed by atoms with Crippen molar-refractivity contribution in [3.8, 4) is 17.1 Å². The minimum absolute atomic E-state index is 0.0560. The highest BCUT2D eigenvalue weighted by molar-refractivity contribution is 9.10. The number of aryl methyl sites for hydroxylation is 1. The molecule has 9 heteroatoms. The molecule has 7 nitrogen and oxygen atoms in total. The molecular formula is C18H18BrN3O4S. The van der Waals surface area contributed by atoms with Crippen molar-refractivity contribution >= 4 is 26.0 Å². The van der Waals surface area contributed by atoms with Gasteiger partial charge in [-0.25, -0.2) is 8.42 Å². The third kappa shape index (κ3) is 4.05. The number of hydrogen-bond donors (Lipinski definition) is 0. The van der Waals surface area contributed by atoms with Crippen LogP contribution in [0.25, 0.3) is 11.4 Å². The van der Waals surface area contributed by atoms with E-state index >= 15 is 0 Å². The quantitative estimate of drug-likeness (QED) is 0.568. The number of rotatable bonds is 6. The van der Waals surface area contributed by atoms with Gasteiger partial charge in [0.1, 0.15) is 10.6 Å². The summed E-state index contributed by atoms with van der Waals surface area (Å²) in [5.74, 6) is 0.887. The van der Waals surface area contributed by atoms with Crippen LogP contribution >= 0.6 is 15.9 Å². The van der Waals surface area contributed by atoms with E-state index in [4.69, 9.17) is 9.26 Å². The Morgan fingerprint density at radius 2 is 1.96 bits per heavy atom. The van der Waals surface area contributed by atoms with Gasteiger partial charge in [-0.15, -0.1) is 0 Å². The molecule has 0 aliphatic carbocycles. The number of halogens is 1. The molecule has 0 unspecified atom stereocenters. The minimum Gasteiger partial charge on any atom is -0.495 e. The molecule has 0 amide bonds. The number of hydrogen-bond acceptors (Lipinski definition) is 6. The number of sulfonamides is 1. The monoisotopic (exact) mass is 451 g/mol. The largest absolute Gasteiger partial charge is 0.495 e. The second-order valence-electron chi connectivity index (χ2n) is 5.88. The van der Waals surface area contributed by atoms with Gasteiger partial charge in [0, 0.05) is 17.1 Å². The van der Waals surface area contributed by atoms with Crippen molar-refractivity contribution in [1.82, 2.24) is 14.4 Å². The molecule has 0 spiro atoms. The lowest BCUT2D eigenvalue weighted by Gasteiger charge is -2.17.